The molecule has 1 aromatic carbocycles. The lowest BCUT2D eigenvalue weighted by Crippen LogP contribution is -2.39. The first-order chi connectivity index (χ1) is 7.95. The summed E-state index contributed by atoms with van der Waals surface area (Å²) in [6.07, 6.45) is 0. The smallest absolute Gasteiger partial charge is 0.241 e. The van der Waals surface area contributed by atoms with Gasteiger partial charge in [-0.15, -0.1) is 0 Å². The van der Waals surface area contributed by atoms with Crippen LogP contribution < -0.4 is 15.8 Å². The molecule has 94 valence electrons. The second-order valence-corrected chi connectivity index (χ2v) is 4.44. The minimum Gasteiger partial charge on any atom is -0.497 e. The molecule has 1 atom stereocenters. The van der Waals surface area contributed by atoms with Gasteiger partial charge in [0.25, 0.3) is 0 Å². The van der Waals surface area contributed by atoms with E-state index in [4.69, 9.17) is 10.5 Å². The monoisotopic (exact) mass is 236 g/mol. The summed E-state index contributed by atoms with van der Waals surface area (Å²) in [6, 6.07) is 5.01. The maximum absolute atomic E-state index is 11.8. The first kappa shape index (κ1) is 13.5. The number of ether oxygens (including phenoxy) is 1. The number of hydrogen-bond donors (Lipinski definition) is 2. The Balaban J connectivity index is 2.78. The lowest BCUT2D eigenvalue weighted by Gasteiger charge is -2.16. The summed E-state index contributed by atoms with van der Waals surface area (Å²) in [5.41, 5.74) is 7.50. The quantitative estimate of drug-likeness (QED) is 0.839. The lowest BCUT2D eigenvalue weighted by molar-refractivity contribution is -0.118. The van der Waals surface area contributed by atoms with Gasteiger partial charge in [0.05, 0.1) is 13.2 Å². The molecular weight excluding hydrogens is 216 g/mol. The third-order valence-electron chi connectivity index (χ3n) is 2.71. The van der Waals surface area contributed by atoms with Crippen LogP contribution in [0.5, 0.6) is 5.75 Å². The van der Waals surface area contributed by atoms with Gasteiger partial charge in [0.2, 0.25) is 5.91 Å². The number of carbonyl (C=O) groups is 1. The van der Waals surface area contributed by atoms with E-state index in [1.54, 1.807) is 7.11 Å². The zero-order valence-electron chi connectivity index (χ0n) is 10.8. The molecule has 0 heterocycles. The van der Waals surface area contributed by atoms with Crippen LogP contribution in [0.4, 0.5) is 5.69 Å². The summed E-state index contributed by atoms with van der Waals surface area (Å²) < 4.78 is 5.10. The van der Waals surface area contributed by atoms with E-state index in [9.17, 15) is 4.79 Å². The van der Waals surface area contributed by atoms with Gasteiger partial charge in [-0.2, -0.15) is 0 Å². The molecule has 4 heteroatoms. The molecule has 1 rings (SSSR count). The molecule has 0 aromatic heterocycles. The van der Waals surface area contributed by atoms with Crippen molar-refractivity contribution in [2.75, 3.05) is 12.4 Å². The van der Waals surface area contributed by atoms with Crippen LogP contribution in [0.2, 0.25) is 0 Å². The molecule has 0 bridgehead atoms. The van der Waals surface area contributed by atoms with Crippen LogP contribution in [-0.4, -0.2) is 19.1 Å². The maximum atomic E-state index is 11.8. The molecule has 0 aliphatic heterocycles. The van der Waals surface area contributed by atoms with E-state index in [1.165, 1.54) is 0 Å². The Kier molecular flexibility index (Phi) is 4.52. The van der Waals surface area contributed by atoms with Crippen LogP contribution >= 0.6 is 0 Å². The summed E-state index contributed by atoms with van der Waals surface area (Å²) in [4.78, 5) is 11.8. The number of benzene rings is 1. The van der Waals surface area contributed by atoms with Gasteiger partial charge in [-0.05, 0) is 36.6 Å². The van der Waals surface area contributed by atoms with Crippen molar-refractivity contribution in [1.29, 1.82) is 0 Å². The van der Waals surface area contributed by atoms with Gasteiger partial charge in [0, 0.05) is 5.69 Å². The molecule has 0 aliphatic rings. The van der Waals surface area contributed by atoms with Crippen molar-refractivity contribution < 1.29 is 9.53 Å². The van der Waals surface area contributed by atoms with E-state index in [2.05, 4.69) is 5.32 Å². The average Bonchev–Trinajstić information content (AvgIpc) is 2.30. The van der Waals surface area contributed by atoms with Crippen LogP contribution in [-0.2, 0) is 4.79 Å². The number of methoxy groups -OCH3 is 1. The van der Waals surface area contributed by atoms with E-state index in [-0.39, 0.29) is 11.8 Å². The van der Waals surface area contributed by atoms with Crippen molar-refractivity contribution >= 4 is 11.6 Å². The van der Waals surface area contributed by atoms with Gasteiger partial charge in [-0.25, -0.2) is 0 Å². The fourth-order valence-electron chi connectivity index (χ4n) is 1.42. The summed E-state index contributed by atoms with van der Waals surface area (Å²) in [6.45, 7) is 5.76. The Morgan fingerprint density at radius 1 is 1.41 bits per heavy atom. The fraction of sp³-hybridized carbons (Fsp3) is 0.462. The Labute approximate surface area is 102 Å². The lowest BCUT2D eigenvalue weighted by atomic mass is 10.0. The van der Waals surface area contributed by atoms with Gasteiger partial charge < -0.3 is 15.8 Å². The van der Waals surface area contributed by atoms with Crippen LogP contribution in [0, 0.1) is 12.8 Å². The second kappa shape index (κ2) is 5.68. The molecule has 1 aromatic rings. The zero-order chi connectivity index (χ0) is 13.0. The van der Waals surface area contributed by atoms with Gasteiger partial charge in [-0.1, -0.05) is 13.8 Å². The standard InChI is InChI=1S/C13H20N2O2/c1-8(2)12(14)13(16)15-11-6-5-10(17-4)7-9(11)3/h5-8,12H,14H2,1-4H3,(H,15,16). The predicted molar refractivity (Wildman–Crippen MR) is 69.2 cm³/mol. The highest BCUT2D eigenvalue weighted by atomic mass is 16.5. The van der Waals surface area contributed by atoms with Gasteiger partial charge >= 0.3 is 0 Å². The summed E-state index contributed by atoms with van der Waals surface area (Å²) in [7, 11) is 1.61. The largest absolute Gasteiger partial charge is 0.497 e. The molecule has 4 nitrogen and oxygen atoms in total. The minimum atomic E-state index is -0.489. The highest BCUT2D eigenvalue weighted by molar-refractivity contribution is 5.95. The first-order valence-corrected chi connectivity index (χ1v) is 5.66. The van der Waals surface area contributed by atoms with Crippen molar-refractivity contribution in [1.82, 2.24) is 0 Å². The van der Waals surface area contributed by atoms with E-state index in [0.29, 0.717) is 0 Å². The van der Waals surface area contributed by atoms with Crippen molar-refractivity contribution in [2.24, 2.45) is 11.7 Å². The maximum Gasteiger partial charge on any atom is 0.241 e. The molecule has 0 aliphatic carbocycles. The molecule has 0 spiro atoms. The normalized spacial score (nSPS) is 12.4. The molecule has 3 N–H and O–H groups in total. The second-order valence-electron chi connectivity index (χ2n) is 4.44. The molecule has 1 unspecified atom stereocenters. The number of anilines is 1. The molecule has 0 saturated heterocycles. The first-order valence-electron chi connectivity index (χ1n) is 5.66. The number of carbonyl (C=O) groups excluding carboxylic acids is 1. The highest BCUT2D eigenvalue weighted by Gasteiger charge is 2.17. The Morgan fingerprint density at radius 2 is 2.06 bits per heavy atom. The Hall–Kier alpha value is -1.55. The topological polar surface area (TPSA) is 64.3 Å². The predicted octanol–water partition coefficient (Wildman–Crippen LogP) is 1.93. The zero-order valence-corrected chi connectivity index (χ0v) is 10.8. The van der Waals surface area contributed by atoms with Crippen molar-refractivity contribution in [3.63, 3.8) is 0 Å². The molecule has 1 amide bonds. The number of rotatable bonds is 4. The Bertz CT molecular complexity index is 402. The third kappa shape index (κ3) is 3.46. The summed E-state index contributed by atoms with van der Waals surface area (Å²) >= 11 is 0. The number of hydrogen-bond acceptors (Lipinski definition) is 3. The van der Waals surface area contributed by atoms with Crippen LogP contribution in [0.15, 0.2) is 18.2 Å². The average molecular weight is 236 g/mol. The van der Waals surface area contributed by atoms with Crippen LogP contribution in [0.25, 0.3) is 0 Å². The number of nitrogens with two attached hydrogens (primary N) is 1. The van der Waals surface area contributed by atoms with Crippen molar-refractivity contribution in [3.8, 4) is 5.75 Å². The molecule has 0 saturated carbocycles. The molecule has 0 radical (unpaired) electrons. The molecular formula is C13H20N2O2. The third-order valence-corrected chi connectivity index (χ3v) is 2.71. The molecule has 0 fully saturated rings. The van der Waals surface area contributed by atoms with Gasteiger partial charge in [0.15, 0.2) is 0 Å². The van der Waals surface area contributed by atoms with Gasteiger partial charge in [-0.3, -0.25) is 4.79 Å². The fourth-order valence-corrected chi connectivity index (χ4v) is 1.42. The number of aryl methyl sites for hydroxylation is 1. The number of amides is 1. The van der Waals surface area contributed by atoms with E-state index < -0.39 is 6.04 Å². The number of nitrogens with one attached hydrogen (secondary N) is 1. The summed E-state index contributed by atoms with van der Waals surface area (Å²) in [5.74, 6) is 0.732. The van der Waals surface area contributed by atoms with E-state index in [0.717, 1.165) is 17.0 Å². The SMILES string of the molecule is COc1ccc(NC(=O)C(N)C(C)C)c(C)c1. The van der Waals surface area contributed by atoms with Crippen molar-refractivity contribution in [3.05, 3.63) is 23.8 Å². The highest BCUT2D eigenvalue weighted by Crippen LogP contribution is 2.21. The van der Waals surface area contributed by atoms with Crippen molar-refractivity contribution in [2.45, 2.75) is 26.8 Å². The molecule has 17 heavy (non-hydrogen) atoms. The Morgan fingerprint density at radius 3 is 2.53 bits per heavy atom. The summed E-state index contributed by atoms with van der Waals surface area (Å²) in [5, 5.41) is 2.82. The van der Waals surface area contributed by atoms with Crippen LogP contribution in [0.1, 0.15) is 19.4 Å². The van der Waals surface area contributed by atoms with E-state index >= 15 is 0 Å². The van der Waals surface area contributed by atoms with Gasteiger partial charge in [0.1, 0.15) is 5.75 Å². The van der Waals surface area contributed by atoms with Crippen LogP contribution in [0.3, 0.4) is 0 Å². The van der Waals surface area contributed by atoms with E-state index in [1.807, 2.05) is 39.0 Å². The minimum absolute atomic E-state index is 0.119.